The van der Waals surface area contributed by atoms with E-state index in [1.165, 1.54) is 6.26 Å². The van der Waals surface area contributed by atoms with Gasteiger partial charge >= 0.3 is 0 Å². The fourth-order valence-corrected chi connectivity index (χ4v) is 4.06. The molecule has 104 valence electrons. The molecule has 1 heterocycles. The van der Waals surface area contributed by atoms with Gasteiger partial charge in [0.05, 0.1) is 11.2 Å². The highest BCUT2D eigenvalue weighted by atomic mass is 16.4. The van der Waals surface area contributed by atoms with Gasteiger partial charge < -0.3 is 14.6 Å². The van der Waals surface area contributed by atoms with Crippen molar-refractivity contribution in [2.45, 2.75) is 45.8 Å². The van der Waals surface area contributed by atoms with Crippen LogP contribution in [0.1, 0.15) is 55.3 Å². The van der Waals surface area contributed by atoms with Crippen LogP contribution >= 0.6 is 0 Å². The summed E-state index contributed by atoms with van der Waals surface area (Å²) in [6.07, 6.45) is 3.00. The molecule has 0 aliphatic heterocycles. The number of aliphatic hydroxyl groups excluding tert-OH is 1. The molecule has 0 aromatic carbocycles. The minimum Gasteiger partial charge on any atom is -0.466 e. The average Bonchev–Trinajstić information content (AvgIpc) is 2.88. The molecule has 4 heteroatoms. The smallest absolute Gasteiger partial charge is 0.169 e. The van der Waals surface area contributed by atoms with E-state index in [-0.39, 0.29) is 29.6 Å². The Labute approximate surface area is 112 Å². The highest BCUT2D eigenvalue weighted by molar-refractivity contribution is 6.01. The summed E-state index contributed by atoms with van der Waals surface area (Å²) in [7, 11) is 0. The summed E-state index contributed by atoms with van der Waals surface area (Å²) in [4.78, 5) is 12.6. The largest absolute Gasteiger partial charge is 0.466 e. The van der Waals surface area contributed by atoms with Gasteiger partial charge in [-0.1, -0.05) is 13.8 Å². The van der Waals surface area contributed by atoms with Crippen LogP contribution in [0.3, 0.4) is 0 Å². The molecule has 1 aromatic heterocycles. The fraction of sp³-hybridized carbons (Fsp3) is 0.667. The molecule has 2 N–H and O–H groups in total. The van der Waals surface area contributed by atoms with Crippen LogP contribution in [0, 0.1) is 17.3 Å². The summed E-state index contributed by atoms with van der Waals surface area (Å²) < 4.78 is 5.26. The van der Waals surface area contributed by atoms with Crippen molar-refractivity contribution < 1.29 is 19.4 Å². The Morgan fingerprint density at radius 2 is 2.05 bits per heavy atom. The second-order valence-electron chi connectivity index (χ2n) is 6.90. The molecule has 0 unspecified atom stereocenters. The van der Waals surface area contributed by atoms with Gasteiger partial charge in [0.2, 0.25) is 0 Å². The lowest BCUT2D eigenvalue weighted by molar-refractivity contribution is -0.0297. The lowest BCUT2D eigenvalue weighted by Crippen LogP contribution is -2.43. The number of rotatable bonds is 1. The maximum Gasteiger partial charge on any atom is 0.169 e. The molecule has 0 bridgehead atoms. The number of hydrogen-bond donors (Lipinski definition) is 2. The summed E-state index contributed by atoms with van der Waals surface area (Å²) in [5, 5.41) is 20.3. The highest BCUT2D eigenvalue weighted by Crippen LogP contribution is 2.57. The summed E-state index contributed by atoms with van der Waals surface area (Å²) in [6, 6.07) is 0. The Morgan fingerprint density at radius 3 is 2.68 bits per heavy atom. The van der Waals surface area contributed by atoms with E-state index in [0.717, 1.165) is 12.8 Å². The molecule has 0 radical (unpaired) electrons. The molecule has 2 aliphatic carbocycles. The van der Waals surface area contributed by atoms with E-state index in [1.807, 2.05) is 0 Å². The quantitative estimate of drug-likeness (QED) is 0.816. The Bertz CT molecular complexity index is 538. The maximum atomic E-state index is 12.6. The molecule has 1 aromatic rings. The molecule has 3 rings (SSSR count). The zero-order valence-corrected chi connectivity index (χ0v) is 11.6. The third kappa shape index (κ3) is 1.63. The van der Waals surface area contributed by atoms with Gasteiger partial charge in [0.1, 0.15) is 18.6 Å². The topological polar surface area (TPSA) is 70.7 Å². The molecule has 2 aliphatic rings. The van der Waals surface area contributed by atoms with Crippen molar-refractivity contribution in [2.24, 2.45) is 17.3 Å². The van der Waals surface area contributed by atoms with Crippen molar-refractivity contribution in [3.05, 3.63) is 23.2 Å². The number of fused-ring (bicyclic) bond motifs is 2. The first kappa shape index (κ1) is 12.9. The summed E-state index contributed by atoms with van der Waals surface area (Å²) in [5.41, 5.74) is -0.0891. The first-order valence-electron chi connectivity index (χ1n) is 6.76. The molecule has 3 atom stereocenters. The van der Waals surface area contributed by atoms with Crippen LogP contribution in [-0.4, -0.2) is 16.0 Å². The predicted octanol–water partition coefficient (Wildman–Crippen LogP) is 2.23. The Morgan fingerprint density at radius 1 is 1.37 bits per heavy atom. The van der Waals surface area contributed by atoms with Gasteiger partial charge in [-0.15, -0.1) is 0 Å². The first-order chi connectivity index (χ1) is 8.78. The van der Waals surface area contributed by atoms with Gasteiger partial charge in [0.25, 0.3) is 0 Å². The SMILES string of the molecule is CC1(C)C[C@@H]2C(=O)c3coc(CO)c3[C@](C)(O)[C@H]2C1. The second-order valence-corrected chi connectivity index (χ2v) is 6.90. The number of ketones is 1. The molecule has 0 saturated heterocycles. The Hall–Kier alpha value is -1.13. The van der Waals surface area contributed by atoms with Gasteiger partial charge in [-0.05, 0) is 25.2 Å². The second kappa shape index (κ2) is 3.70. The van der Waals surface area contributed by atoms with E-state index in [0.29, 0.717) is 16.9 Å². The van der Waals surface area contributed by atoms with E-state index in [1.54, 1.807) is 6.92 Å². The van der Waals surface area contributed by atoms with E-state index < -0.39 is 5.60 Å². The highest BCUT2D eigenvalue weighted by Gasteiger charge is 2.56. The van der Waals surface area contributed by atoms with Crippen LogP contribution in [0.25, 0.3) is 0 Å². The van der Waals surface area contributed by atoms with Crippen molar-refractivity contribution in [2.75, 3.05) is 0 Å². The lowest BCUT2D eigenvalue weighted by atomic mass is 9.68. The Kier molecular flexibility index (Phi) is 2.51. The number of furan rings is 1. The molecule has 19 heavy (non-hydrogen) atoms. The minimum atomic E-state index is -1.10. The van der Waals surface area contributed by atoms with Crippen molar-refractivity contribution >= 4 is 5.78 Å². The van der Waals surface area contributed by atoms with Crippen LogP contribution in [-0.2, 0) is 12.2 Å². The number of carbonyl (C=O) groups excluding carboxylic acids is 1. The van der Waals surface area contributed by atoms with Crippen molar-refractivity contribution in [3.63, 3.8) is 0 Å². The fourth-order valence-electron chi connectivity index (χ4n) is 4.06. The van der Waals surface area contributed by atoms with Gasteiger partial charge in [-0.3, -0.25) is 4.79 Å². The number of carbonyl (C=O) groups is 1. The number of aliphatic hydroxyl groups is 2. The lowest BCUT2D eigenvalue weighted by Gasteiger charge is -2.38. The third-order valence-electron chi connectivity index (χ3n) is 4.87. The normalized spacial score (nSPS) is 36.2. The molecular weight excluding hydrogens is 244 g/mol. The summed E-state index contributed by atoms with van der Waals surface area (Å²) in [5.74, 6) is 0.143. The minimum absolute atomic E-state index is 0.0561. The van der Waals surface area contributed by atoms with Gasteiger partial charge in [0, 0.05) is 17.4 Å². The van der Waals surface area contributed by atoms with Gasteiger partial charge in [-0.2, -0.15) is 0 Å². The van der Waals surface area contributed by atoms with E-state index in [4.69, 9.17) is 4.42 Å². The molecule has 4 nitrogen and oxygen atoms in total. The number of hydrogen-bond acceptors (Lipinski definition) is 4. The van der Waals surface area contributed by atoms with E-state index in [9.17, 15) is 15.0 Å². The molecule has 0 amide bonds. The first-order valence-corrected chi connectivity index (χ1v) is 6.76. The van der Waals surface area contributed by atoms with Crippen molar-refractivity contribution in [3.8, 4) is 0 Å². The van der Waals surface area contributed by atoms with E-state index in [2.05, 4.69) is 13.8 Å². The maximum absolute atomic E-state index is 12.6. The van der Waals surface area contributed by atoms with Crippen LogP contribution < -0.4 is 0 Å². The molecular formula is C15H20O4. The average molecular weight is 264 g/mol. The summed E-state index contributed by atoms with van der Waals surface area (Å²) in [6.45, 7) is 5.72. The zero-order chi connectivity index (χ0) is 14.0. The molecule has 0 spiro atoms. The molecule has 1 saturated carbocycles. The van der Waals surface area contributed by atoms with Crippen molar-refractivity contribution in [1.82, 2.24) is 0 Å². The van der Waals surface area contributed by atoms with Crippen molar-refractivity contribution in [1.29, 1.82) is 0 Å². The third-order valence-corrected chi connectivity index (χ3v) is 4.87. The van der Waals surface area contributed by atoms with E-state index >= 15 is 0 Å². The zero-order valence-electron chi connectivity index (χ0n) is 11.6. The van der Waals surface area contributed by atoms with Crippen LogP contribution in [0.2, 0.25) is 0 Å². The van der Waals surface area contributed by atoms with Crippen LogP contribution in [0.4, 0.5) is 0 Å². The summed E-state index contributed by atoms with van der Waals surface area (Å²) >= 11 is 0. The van der Waals surface area contributed by atoms with Gasteiger partial charge in [0.15, 0.2) is 5.78 Å². The Balaban J connectivity index is 2.16. The predicted molar refractivity (Wildman–Crippen MR) is 68.5 cm³/mol. The standard InChI is InChI=1S/C15H20O4/c1-14(2)4-8-10(5-14)15(3,18)12-9(13(8)17)7-19-11(12)6-16/h7-8,10,16,18H,4-6H2,1-3H3/t8-,10-,15+/m0/s1. The van der Waals surface area contributed by atoms with Crippen LogP contribution in [0.15, 0.2) is 10.7 Å². The van der Waals surface area contributed by atoms with Crippen LogP contribution in [0.5, 0.6) is 0 Å². The monoisotopic (exact) mass is 264 g/mol. The number of Topliss-reactive ketones (excluding diaryl/α,β-unsaturated/α-hetero) is 1. The van der Waals surface area contributed by atoms with Gasteiger partial charge in [-0.25, -0.2) is 0 Å². The molecule has 1 fully saturated rings.